The number of anilines is 1. The molecule has 146 valence electrons. The number of sulfonamides is 1. The maximum Gasteiger partial charge on any atom is 0.335 e. The highest BCUT2D eigenvalue weighted by molar-refractivity contribution is 7.93. The summed E-state index contributed by atoms with van der Waals surface area (Å²) in [5.41, 5.74) is 1.55. The molecule has 0 aliphatic carbocycles. The SMILES string of the molecule is Cl.O=C(O)c1ccc(CN(c2ccccc2)S(=O)(=O)C2CCNCC2)cc1. The fraction of sp³-hybridized carbons (Fsp3) is 0.316. The number of nitrogens with one attached hydrogen (secondary N) is 1. The lowest BCUT2D eigenvalue weighted by Gasteiger charge is -2.31. The van der Waals surface area contributed by atoms with Gasteiger partial charge in [0.05, 0.1) is 23.0 Å². The summed E-state index contributed by atoms with van der Waals surface area (Å²) in [7, 11) is -3.52. The number of nitrogens with zero attached hydrogens (tertiary/aromatic N) is 1. The van der Waals surface area contributed by atoms with Crippen molar-refractivity contribution in [1.29, 1.82) is 0 Å². The van der Waals surface area contributed by atoms with E-state index in [0.29, 0.717) is 31.6 Å². The molecule has 0 saturated carbocycles. The van der Waals surface area contributed by atoms with E-state index in [-0.39, 0.29) is 24.5 Å². The van der Waals surface area contributed by atoms with Gasteiger partial charge in [0.1, 0.15) is 0 Å². The maximum absolute atomic E-state index is 13.3. The quantitative estimate of drug-likeness (QED) is 0.764. The number of piperidine rings is 1. The van der Waals surface area contributed by atoms with Crippen molar-refractivity contribution in [1.82, 2.24) is 5.32 Å². The van der Waals surface area contributed by atoms with Crippen LogP contribution in [0.5, 0.6) is 0 Å². The summed E-state index contributed by atoms with van der Waals surface area (Å²) in [6.07, 6.45) is 1.17. The molecule has 0 aromatic heterocycles. The van der Waals surface area contributed by atoms with Crippen LogP contribution in [0.2, 0.25) is 0 Å². The summed E-state index contributed by atoms with van der Waals surface area (Å²) in [5, 5.41) is 11.8. The number of hydrogen-bond acceptors (Lipinski definition) is 4. The van der Waals surface area contributed by atoms with Crippen molar-refractivity contribution in [2.75, 3.05) is 17.4 Å². The first-order valence-corrected chi connectivity index (χ1v) is 10.1. The van der Waals surface area contributed by atoms with E-state index in [4.69, 9.17) is 5.11 Å². The molecule has 2 aromatic rings. The van der Waals surface area contributed by atoms with Crippen molar-refractivity contribution >= 4 is 34.1 Å². The zero-order chi connectivity index (χ0) is 18.6. The minimum atomic E-state index is -3.52. The molecule has 0 radical (unpaired) electrons. The van der Waals surface area contributed by atoms with Crippen LogP contribution in [0.15, 0.2) is 54.6 Å². The molecule has 6 nitrogen and oxygen atoms in total. The van der Waals surface area contributed by atoms with Crippen LogP contribution in [0.25, 0.3) is 0 Å². The molecule has 0 amide bonds. The second kappa shape index (κ2) is 9.21. The van der Waals surface area contributed by atoms with Crippen LogP contribution in [0.1, 0.15) is 28.8 Å². The number of halogens is 1. The standard InChI is InChI=1S/C19H22N2O4S.ClH/c22-19(23)16-8-6-15(7-9-16)14-21(17-4-2-1-3-5-17)26(24,25)18-10-12-20-13-11-18;/h1-9,18,20H,10-14H2,(H,22,23);1H. The molecule has 27 heavy (non-hydrogen) atoms. The smallest absolute Gasteiger partial charge is 0.335 e. The summed E-state index contributed by atoms with van der Waals surface area (Å²) in [6, 6.07) is 15.4. The van der Waals surface area contributed by atoms with E-state index in [0.717, 1.165) is 5.56 Å². The molecule has 1 fully saturated rings. The van der Waals surface area contributed by atoms with Crippen LogP contribution in [-0.2, 0) is 16.6 Å². The van der Waals surface area contributed by atoms with Gasteiger partial charge in [-0.05, 0) is 55.8 Å². The highest BCUT2D eigenvalue weighted by Crippen LogP contribution is 2.26. The van der Waals surface area contributed by atoms with Gasteiger partial charge in [0, 0.05) is 0 Å². The van der Waals surface area contributed by atoms with Gasteiger partial charge in [-0.2, -0.15) is 0 Å². The third-order valence-electron chi connectivity index (χ3n) is 4.59. The molecule has 1 saturated heterocycles. The fourth-order valence-electron chi connectivity index (χ4n) is 3.11. The van der Waals surface area contributed by atoms with Gasteiger partial charge < -0.3 is 10.4 Å². The number of hydrogen-bond donors (Lipinski definition) is 2. The number of aromatic carboxylic acids is 1. The third-order valence-corrected chi connectivity index (χ3v) is 6.85. The molecule has 1 aliphatic heterocycles. The van der Waals surface area contributed by atoms with Crippen LogP contribution in [0.3, 0.4) is 0 Å². The number of para-hydroxylation sites is 1. The van der Waals surface area contributed by atoms with E-state index in [1.807, 2.05) is 18.2 Å². The molecule has 0 spiro atoms. The Bertz CT molecular complexity index is 851. The molecule has 0 atom stereocenters. The summed E-state index contributed by atoms with van der Waals surface area (Å²) in [5.74, 6) is -1.00. The van der Waals surface area contributed by atoms with Gasteiger partial charge in [0.15, 0.2) is 0 Å². The third kappa shape index (κ3) is 5.00. The Balaban J connectivity index is 0.00000261. The zero-order valence-electron chi connectivity index (χ0n) is 14.7. The minimum Gasteiger partial charge on any atom is -0.478 e. The number of rotatable bonds is 6. The van der Waals surface area contributed by atoms with Crippen molar-refractivity contribution in [2.45, 2.75) is 24.6 Å². The van der Waals surface area contributed by atoms with Crippen molar-refractivity contribution in [3.05, 3.63) is 65.7 Å². The van der Waals surface area contributed by atoms with Crippen LogP contribution in [0.4, 0.5) is 5.69 Å². The Morgan fingerprint density at radius 2 is 1.63 bits per heavy atom. The lowest BCUT2D eigenvalue weighted by molar-refractivity contribution is 0.0697. The van der Waals surface area contributed by atoms with E-state index in [2.05, 4.69) is 5.32 Å². The predicted molar refractivity (Wildman–Crippen MR) is 108 cm³/mol. The summed E-state index contributed by atoms with van der Waals surface area (Å²) in [4.78, 5) is 11.0. The first-order chi connectivity index (χ1) is 12.5. The average Bonchev–Trinajstić information content (AvgIpc) is 2.67. The second-order valence-electron chi connectivity index (χ2n) is 6.34. The minimum absolute atomic E-state index is 0. The van der Waals surface area contributed by atoms with Crippen LogP contribution in [-0.4, -0.2) is 37.8 Å². The molecule has 3 rings (SSSR count). The van der Waals surface area contributed by atoms with Gasteiger partial charge in [-0.1, -0.05) is 30.3 Å². The average molecular weight is 411 g/mol. The topological polar surface area (TPSA) is 86.7 Å². The van der Waals surface area contributed by atoms with Gasteiger partial charge in [-0.25, -0.2) is 13.2 Å². The van der Waals surface area contributed by atoms with Gasteiger partial charge in [-0.15, -0.1) is 12.4 Å². The predicted octanol–water partition coefficient (Wildman–Crippen LogP) is 2.90. The Kier molecular flexibility index (Phi) is 7.24. The largest absolute Gasteiger partial charge is 0.478 e. The monoisotopic (exact) mass is 410 g/mol. The second-order valence-corrected chi connectivity index (χ2v) is 8.48. The highest BCUT2D eigenvalue weighted by Gasteiger charge is 2.33. The Morgan fingerprint density at radius 3 is 2.19 bits per heavy atom. The summed E-state index contributed by atoms with van der Waals surface area (Å²) in [6.45, 7) is 1.57. The van der Waals surface area contributed by atoms with Gasteiger partial charge in [0.2, 0.25) is 10.0 Å². The van der Waals surface area contributed by atoms with Crippen LogP contribution >= 0.6 is 12.4 Å². The van der Waals surface area contributed by atoms with Gasteiger partial charge in [0.25, 0.3) is 0 Å². The molecular weight excluding hydrogens is 388 g/mol. The number of benzene rings is 2. The van der Waals surface area contributed by atoms with Crippen LogP contribution in [0, 0.1) is 0 Å². The van der Waals surface area contributed by atoms with Crippen molar-refractivity contribution in [3.8, 4) is 0 Å². The van der Waals surface area contributed by atoms with E-state index in [1.54, 1.807) is 24.3 Å². The number of carboxylic acids is 1. The zero-order valence-corrected chi connectivity index (χ0v) is 16.4. The van der Waals surface area contributed by atoms with Crippen LogP contribution < -0.4 is 9.62 Å². The molecule has 8 heteroatoms. The van der Waals surface area contributed by atoms with Gasteiger partial charge >= 0.3 is 5.97 Å². The molecular formula is C19H23ClN2O4S. The summed E-state index contributed by atoms with van der Waals surface area (Å²) < 4.78 is 28.0. The Labute approximate surface area is 165 Å². The van der Waals surface area contributed by atoms with Crippen molar-refractivity contribution < 1.29 is 18.3 Å². The fourth-order valence-corrected chi connectivity index (χ4v) is 5.05. The first kappa shape index (κ1) is 21.2. The first-order valence-electron chi connectivity index (χ1n) is 8.58. The molecule has 0 bridgehead atoms. The summed E-state index contributed by atoms with van der Waals surface area (Å²) >= 11 is 0. The molecule has 1 aliphatic rings. The van der Waals surface area contributed by atoms with Gasteiger partial charge in [-0.3, -0.25) is 4.31 Å². The normalized spacial score (nSPS) is 15.0. The lowest BCUT2D eigenvalue weighted by atomic mass is 10.1. The van der Waals surface area contributed by atoms with E-state index >= 15 is 0 Å². The Hall–Kier alpha value is -2.09. The molecule has 2 N–H and O–H groups in total. The van der Waals surface area contributed by atoms with E-state index < -0.39 is 21.2 Å². The van der Waals surface area contributed by atoms with Crippen molar-refractivity contribution in [3.63, 3.8) is 0 Å². The lowest BCUT2D eigenvalue weighted by Crippen LogP contribution is -2.43. The Morgan fingerprint density at radius 1 is 1.04 bits per heavy atom. The van der Waals surface area contributed by atoms with E-state index in [9.17, 15) is 13.2 Å². The molecule has 1 heterocycles. The van der Waals surface area contributed by atoms with E-state index in [1.165, 1.54) is 16.4 Å². The van der Waals surface area contributed by atoms with Crippen molar-refractivity contribution in [2.24, 2.45) is 0 Å². The maximum atomic E-state index is 13.3. The highest BCUT2D eigenvalue weighted by atomic mass is 35.5. The number of carbonyl (C=O) groups is 1. The molecule has 0 unspecified atom stereocenters. The number of carboxylic acid groups (broad SMARTS) is 1. The molecule has 2 aromatic carbocycles.